The van der Waals surface area contributed by atoms with Crippen molar-refractivity contribution >= 4 is 11.9 Å². The Balaban J connectivity index is 4.56. The summed E-state index contributed by atoms with van der Waals surface area (Å²) in [6.45, 7) is 2.08. The molecule has 0 heterocycles. The van der Waals surface area contributed by atoms with Crippen LogP contribution in [0.1, 0.15) is 26.2 Å². The van der Waals surface area contributed by atoms with Gasteiger partial charge < -0.3 is 9.47 Å². The minimum atomic E-state index is -0.569. The van der Waals surface area contributed by atoms with Gasteiger partial charge >= 0.3 is 11.9 Å². The number of carbonyl (C=O) groups is 2. The number of esters is 2. The lowest BCUT2D eigenvalue weighted by Gasteiger charge is -1.99. The maximum Gasteiger partial charge on any atom is 0.338 e. The van der Waals surface area contributed by atoms with Crippen LogP contribution in [0.3, 0.4) is 0 Å². The number of carbonyl (C=O) groups excluding carboxylic acids is 2. The fourth-order valence-electron chi connectivity index (χ4n) is 1.01. The van der Waals surface area contributed by atoms with Crippen molar-refractivity contribution in [3.05, 3.63) is 23.8 Å². The van der Waals surface area contributed by atoms with Gasteiger partial charge in [-0.05, 0) is 6.42 Å². The predicted molar refractivity (Wildman–Crippen MR) is 60.8 cm³/mol. The van der Waals surface area contributed by atoms with Crippen molar-refractivity contribution in [3.63, 3.8) is 0 Å². The van der Waals surface area contributed by atoms with Crippen LogP contribution in [-0.2, 0) is 19.1 Å². The van der Waals surface area contributed by atoms with E-state index < -0.39 is 11.9 Å². The van der Waals surface area contributed by atoms with E-state index in [1.807, 2.05) is 6.08 Å². The zero-order chi connectivity index (χ0) is 12.4. The van der Waals surface area contributed by atoms with E-state index in [2.05, 4.69) is 16.4 Å². The van der Waals surface area contributed by atoms with Gasteiger partial charge in [0.1, 0.15) is 0 Å². The number of methoxy groups -OCH3 is 2. The molecule has 0 rings (SSSR count). The first-order valence-electron chi connectivity index (χ1n) is 5.20. The van der Waals surface area contributed by atoms with E-state index in [9.17, 15) is 9.59 Å². The van der Waals surface area contributed by atoms with Crippen LogP contribution in [0, 0.1) is 0 Å². The highest BCUT2D eigenvalue weighted by Gasteiger charge is 2.08. The summed E-state index contributed by atoms with van der Waals surface area (Å²) < 4.78 is 8.99. The standard InChI is InChI=1S/C12H18O4/c1-4-5-6-7-8-10(12(14)16-3)9-11(13)15-2/h7-9H,4-6H2,1-3H3/b8-7-,10-9-. The number of rotatable bonds is 6. The molecule has 90 valence electrons. The molecule has 0 fully saturated rings. The topological polar surface area (TPSA) is 52.6 Å². The zero-order valence-corrected chi connectivity index (χ0v) is 9.99. The summed E-state index contributed by atoms with van der Waals surface area (Å²) in [5, 5.41) is 0. The Morgan fingerprint density at radius 1 is 1.19 bits per heavy atom. The number of hydrogen-bond acceptors (Lipinski definition) is 4. The predicted octanol–water partition coefficient (Wildman–Crippen LogP) is 2.01. The molecule has 16 heavy (non-hydrogen) atoms. The summed E-state index contributed by atoms with van der Waals surface area (Å²) in [7, 11) is 2.53. The van der Waals surface area contributed by atoms with Crippen molar-refractivity contribution in [2.75, 3.05) is 14.2 Å². The molecule has 0 unspecified atom stereocenters. The first-order chi connectivity index (χ1) is 7.65. The molecule has 0 aromatic rings. The van der Waals surface area contributed by atoms with Gasteiger partial charge in [0.2, 0.25) is 0 Å². The number of unbranched alkanes of at least 4 members (excludes halogenated alkanes) is 2. The van der Waals surface area contributed by atoms with Gasteiger partial charge in [-0.3, -0.25) is 0 Å². The van der Waals surface area contributed by atoms with Crippen LogP contribution in [0.25, 0.3) is 0 Å². The first kappa shape index (κ1) is 14.4. The third-order valence-electron chi connectivity index (χ3n) is 1.92. The minimum Gasteiger partial charge on any atom is -0.466 e. The summed E-state index contributed by atoms with van der Waals surface area (Å²) in [5.41, 5.74) is 0.199. The van der Waals surface area contributed by atoms with E-state index in [1.54, 1.807) is 6.08 Å². The van der Waals surface area contributed by atoms with Crippen molar-refractivity contribution in [2.45, 2.75) is 26.2 Å². The molecule has 0 spiro atoms. The molecule has 0 aromatic carbocycles. The monoisotopic (exact) mass is 226 g/mol. The first-order valence-corrected chi connectivity index (χ1v) is 5.20. The van der Waals surface area contributed by atoms with Crippen molar-refractivity contribution in [1.29, 1.82) is 0 Å². The third kappa shape index (κ3) is 6.01. The largest absolute Gasteiger partial charge is 0.466 e. The van der Waals surface area contributed by atoms with E-state index in [0.29, 0.717) is 0 Å². The van der Waals surface area contributed by atoms with Crippen molar-refractivity contribution in [3.8, 4) is 0 Å². The Labute approximate surface area is 95.9 Å². The van der Waals surface area contributed by atoms with Crippen LogP contribution in [0.2, 0.25) is 0 Å². The Hall–Kier alpha value is -1.58. The van der Waals surface area contributed by atoms with Gasteiger partial charge in [0, 0.05) is 6.08 Å². The Kier molecular flexibility index (Phi) is 7.85. The van der Waals surface area contributed by atoms with Crippen molar-refractivity contribution in [1.82, 2.24) is 0 Å². The number of hydrogen-bond donors (Lipinski definition) is 0. The summed E-state index contributed by atoms with van der Waals surface area (Å²) in [4.78, 5) is 22.3. The minimum absolute atomic E-state index is 0.199. The highest BCUT2D eigenvalue weighted by atomic mass is 16.5. The van der Waals surface area contributed by atoms with Gasteiger partial charge in [-0.2, -0.15) is 0 Å². The molecule has 0 radical (unpaired) electrons. The Morgan fingerprint density at radius 3 is 2.38 bits per heavy atom. The summed E-state index contributed by atoms with van der Waals surface area (Å²) in [5.74, 6) is -1.11. The molecular weight excluding hydrogens is 208 g/mol. The molecule has 0 bridgehead atoms. The molecule has 0 aliphatic heterocycles. The lowest BCUT2D eigenvalue weighted by molar-refractivity contribution is -0.138. The fraction of sp³-hybridized carbons (Fsp3) is 0.500. The van der Waals surface area contributed by atoms with Gasteiger partial charge in [0.05, 0.1) is 19.8 Å². The molecule has 0 aromatic heterocycles. The highest BCUT2D eigenvalue weighted by molar-refractivity contribution is 5.98. The molecule has 0 N–H and O–H groups in total. The molecule has 0 atom stereocenters. The molecule has 4 heteroatoms. The van der Waals surface area contributed by atoms with Crippen molar-refractivity contribution in [2.24, 2.45) is 0 Å². The van der Waals surface area contributed by atoms with Crippen LogP contribution in [-0.4, -0.2) is 26.2 Å². The Bertz CT molecular complexity index is 289. The number of allylic oxidation sites excluding steroid dienone is 1. The normalized spacial score (nSPS) is 11.6. The van der Waals surface area contributed by atoms with Gasteiger partial charge in [0.15, 0.2) is 0 Å². The maximum atomic E-state index is 11.3. The second-order valence-electron chi connectivity index (χ2n) is 3.16. The van der Waals surface area contributed by atoms with E-state index in [-0.39, 0.29) is 5.57 Å². The van der Waals surface area contributed by atoms with Crippen LogP contribution in [0.4, 0.5) is 0 Å². The second-order valence-corrected chi connectivity index (χ2v) is 3.16. The average molecular weight is 226 g/mol. The molecule has 0 aliphatic rings. The molecule has 0 amide bonds. The number of ether oxygens (including phenoxy) is 2. The average Bonchev–Trinajstić information content (AvgIpc) is 2.31. The van der Waals surface area contributed by atoms with Crippen LogP contribution < -0.4 is 0 Å². The van der Waals surface area contributed by atoms with Crippen LogP contribution >= 0.6 is 0 Å². The van der Waals surface area contributed by atoms with E-state index in [4.69, 9.17) is 0 Å². The van der Waals surface area contributed by atoms with Gasteiger partial charge in [-0.15, -0.1) is 0 Å². The van der Waals surface area contributed by atoms with E-state index in [1.165, 1.54) is 14.2 Å². The summed E-state index contributed by atoms with van der Waals surface area (Å²) in [6.07, 6.45) is 7.54. The fourth-order valence-corrected chi connectivity index (χ4v) is 1.01. The van der Waals surface area contributed by atoms with Crippen molar-refractivity contribution < 1.29 is 19.1 Å². The maximum absolute atomic E-state index is 11.3. The van der Waals surface area contributed by atoms with E-state index in [0.717, 1.165) is 25.3 Å². The molecule has 0 saturated heterocycles. The quantitative estimate of drug-likeness (QED) is 0.301. The van der Waals surface area contributed by atoms with Gasteiger partial charge in [-0.25, -0.2) is 9.59 Å². The smallest absolute Gasteiger partial charge is 0.338 e. The summed E-state index contributed by atoms with van der Waals surface area (Å²) in [6, 6.07) is 0. The van der Waals surface area contributed by atoms with Gasteiger partial charge in [-0.1, -0.05) is 31.9 Å². The lowest BCUT2D eigenvalue weighted by atomic mass is 10.2. The molecule has 4 nitrogen and oxygen atoms in total. The Morgan fingerprint density at radius 2 is 1.88 bits per heavy atom. The SMILES string of the molecule is CCCC/C=C\C(=C\C(=O)OC)C(=O)OC. The van der Waals surface area contributed by atoms with Crippen LogP contribution in [0.15, 0.2) is 23.8 Å². The molecule has 0 saturated carbocycles. The molecule has 0 aliphatic carbocycles. The lowest BCUT2D eigenvalue weighted by Crippen LogP contribution is -2.06. The third-order valence-corrected chi connectivity index (χ3v) is 1.92. The molecular formula is C12H18O4. The van der Waals surface area contributed by atoms with E-state index >= 15 is 0 Å². The van der Waals surface area contributed by atoms with Gasteiger partial charge in [0.25, 0.3) is 0 Å². The summed E-state index contributed by atoms with van der Waals surface area (Å²) >= 11 is 0. The van der Waals surface area contributed by atoms with Crippen LogP contribution in [0.5, 0.6) is 0 Å². The second kappa shape index (κ2) is 8.71. The highest BCUT2D eigenvalue weighted by Crippen LogP contribution is 2.04. The zero-order valence-electron chi connectivity index (χ0n) is 9.99.